The van der Waals surface area contributed by atoms with E-state index in [2.05, 4.69) is 15.6 Å². The van der Waals surface area contributed by atoms with Gasteiger partial charge in [-0.15, -0.1) is 0 Å². The number of hydrogen-bond acceptors (Lipinski definition) is 3. The summed E-state index contributed by atoms with van der Waals surface area (Å²) in [5.41, 5.74) is 2.04. The Labute approximate surface area is 123 Å². The first-order valence-corrected chi connectivity index (χ1v) is 6.86. The standard InChI is InChI=1S/C16H18FN3O/c1-3-18-14-8-9-19-15(10-14)16(21)20-11(2)12-4-6-13(17)7-5-12/h4-11H,3H2,1-2H3,(H,18,19)(H,20,21). The molecule has 21 heavy (non-hydrogen) atoms. The molecule has 2 rings (SSSR count). The topological polar surface area (TPSA) is 54.0 Å². The highest BCUT2D eigenvalue weighted by molar-refractivity contribution is 5.93. The van der Waals surface area contributed by atoms with Gasteiger partial charge in [-0.3, -0.25) is 9.78 Å². The molecule has 1 aromatic heterocycles. The van der Waals surface area contributed by atoms with E-state index < -0.39 is 0 Å². The van der Waals surface area contributed by atoms with Crippen LogP contribution in [0.3, 0.4) is 0 Å². The highest BCUT2D eigenvalue weighted by atomic mass is 19.1. The van der Waals surface area contributed by atoms with E-state index in [1.165, 1.54) is 12.1 Å². The van der Waals surface area contributed by atoms with E-state index in [0.29, 0.717) is 5.69 Å². The van der Waals surface area contributed by atoms with Crippen LogP contribution in [0.2, 0.25) is 0 Å². The van der Waals surface area contributed by atoms with Gasteiger partial charge in [0, 0.05) is 18.4 Å². The summed E-state index contributed by atoms with van der Waals surface area (Å²) in [5, 5.41) is 5.98. The molecular formula is C16H18FN3O. The molecule has 1 unspecified atom stereocenters. The number of amides is 1. The average Bonchev–Trinajstić information content (AvgIpc) is 2.48. The summed E-state index contributed by atoms with van der Waals surface area (Å²) in [5.74, 6) is -0.552. The summed E-state index contributed by atoms with van der Waals surface area (Å²) < 4.78 is 12.9. The summed E-state index contributed by atoms with van der Waals surface area (Å²) >= 11 is 0. The lowest BCUT2D eigenvalue weighted by molar-refractivity contribution is 0.0935. The molecule has 1 atom stereocenters. The third-order valence-electron chi connectivity index (χ3n) is 3.09. The number of nitrogens with zero attached hydrogens (tertiary/aromatic N) is 1. The molecular weight excluding hydrogens is 269 g/mol. The van der Waals surface area contributed by atoms with Crippen LogP contribution in [0.15, 0.2) is 42.6 Å². The summed E-state index contributed by atoms with van der Waals surface area (Å²) in [4.78, 5) is 16.2. The molecule has 0 spiro atoms. The average molecular weight is 287 g/mol. The lowest BCUT2D eigenvalue weighted by atomic mass is 10.1. The Morgan fingerprint density at radius 1 is 1.29 bits per heavy atom. The van der Waals surface area contributed by atoms with E-state index in [4.69, 9.17) is 0 Å². The zero-order valence-electron chi connectivity index (χ0n) is 12.1. The molecule has 0 fully saturated rings. The van der Waals surface area contributed by atoms with Gasteiger partial charge in [-0.25, -0.2) is 4.39 Å². The summed E-state index contributed by atoms with van der Waals surface area (Å²) in [7, 11) is 0. The first-order valence-electron chi connectivity index (χ1n) is 6.86. The summed E-state index contributed by atoms with van der Waals surface area (Å²) in [6, 6.07) is 9.36. The number of nitrogens with one attached hydrogen (secondary N) is 2. The van der Waals surface area contributed by atoms with E-state index >= 15 is 0 Å². The monoisotopic (exact) mass is 287 g/mol. The predicted octanol–water partition coefficient (Wildman–Crippen LogP) is 3.14. The summed E-state index contributed by atoms with van der Waals surface area (Å²) in [6.07, 6.45) is 1.59. The first-order chi connectivity index (χ1) is 10.1. The second-order valence-electron chi connectivity index (χ2n) is 4.71. The van der Waals surface area contributed by atoms with E-state index in [1.807, 2.05) is 19.9 Å². The van der Waals surface area contributed by atoms with Gasteiger partial charge >= 0.3 is 0 Å². The molecule has 1 aromatic carbocycles. The molecule has 2 aromatic rings. The second-order valence-corrected chi connectivity index (χ2v) is 4.71. The van der Waals surface area contributed by atoms with E-state index in [0.717, 1.165) is 17.8 Å². The van der Waals surface area contributed by atoms with Crippen LogP contribution in [0.25, 0.3) is 0 Å². The number of aromatic nitrogens is 1. The molecule has 4 nitrogen and oxygen atoms in total. The molecule has 5 heteroatoms. The van der Waals surface area contributed by atoms with Crippen LogP contribution in [-0.2, 0) is 0 Å². The maximum Gasteiger partial charge on any atom is 0.270 e. The van der Waals surface area contributed by atoms with Gasteiger partial charge in [-0.05, 0) is 43.7 Å². The van der Waals surface area contributed by atoms with Gasteiger partial charge in [0.1, 0.15) is 11.5 Å². The Balaban J connectivity index is 2.06. The lowest BCUT2D eigenvalue weighted by Crippen LogP contribution is -2.27. The molecule has 1 amide bonds. The van der Waals surface area contributed by atoms with Gasteiger partial charge in [-0.2, -0.15) is 0 Å². The number of carbonyl (C=O) groups is 1. The molecule has 0 radical (unpaired) electrons. The SMILES string of the molecule is CCNc1ccnc(C(=O)NC(C)c2ccc(F)cc2)c1. The Kier molecular flexibility index (Phi) is 4.87. The fourth-order valence-corrected chi connectivity index (χ4v) is 1.97. The molecule has 0 bridgehead atoms. The van der Waals surface area contributed by atoms with Crippen LogP contribution in [0.1, 0.15) is 35.9 Å². The van der Waals surface area contributed by atoms with Crippen molar-refractivity contribution >= 4 is 11.6 Å². The third kappa shape index (κ3) is 4.02. The normalized spacial score (nSPS) is 11.8. The van der Waals surface area contributed by atoms with Crippen LogP contribution in [0.4, 0.5) is 10.1 Å². The Morgan fingerprint density at radius 3 is 2.67 bits per heavy atom. The number of carbonyl (C=O) groups excluding carboxylic acids is 1. The quantitative estimate of drug-likeness (QED) is 0.888. The van der Waals surface area contributed by atoms with Gasteiger partial charge in [0.05, 0.1) is 6.04 Å². The first kappa shape index (κ1) is 15.0. The Bertz CT molecular complexity index is 613. The van der Waals surface area contributed by atoms with Gasteiger partial charge in [0.2, 0.25) is 0 Å². The highest BCUT2D eigenvalue weighted by Crippen LogP contribution is 2.14. The molecule has 0 saturated heterocycles. The maximum atomic E-state index is 12.9. The van der Waals surface area contributed by atoms with Crippen molar-refractivity contribution in [2.45, 2.75) is 19.9 Å². The van der Waals surface area contributed by atoms with Crippen molar-refractivity contribution in [3.8, 4) is 0 Å². The maximum absolute atomic E-state index is 12.9. The largest absolute Gasteiger partial charge is 0.385 e. The van der Waals surface area contributed by atoms with Crippen LogP contribution < -0.4 is 10.6 Å². The smallest absolute Gasteiger partial charge is 0.270 e. The second kappa shape index (κ2) is 6.83. The molecule has 0 aliphatic rings. The molecule has 2 N–H and O–H groups in total. The van der Waals surface area contributed by atoms with E-state index in [9.17, 15) is 9.18 Å². The van der Waals surface area contributed by atoms with Crippen molar-refractivity contribution in [1.82, 2.24) is 10.3 Å². The van der Waals surface area contributed by atoms with Gasteiger partial charge in [0.25, 0.3) is 5.91 Å². The van der Waals surface area contributed by atoms with E-state index in [1.54, 1.807) is 24.4 Å². The highest BCUT2D eigenvalue weighted by Gasteiger charge is 2.13. The van der Waals surface area contributed by atoms with Crippen LogP contribution in [0.5, 0.6) is 0 Å². The lowest BCUT2D eigenvalue weighted by Gasteiger charge is -2.14. The van der Waals surface area contributed by atoms with Gasteiger partial charge < -0.3 is 10.6 Å². The van der Waals surface area contributed by atoms with E-state index in [-0.39, 0.29) is 17.8 Å². The van der Waals surface area contributed by atoms with Gasteiger partial charge in [0.15, 0.2) is 0 Å². The number of hydrogen-bond donors (Lipinski definition) is 2. The van der Waals surface area contributed by atoms with Crippen molar-refractivity contribution in [2.24, 2.45) is 0 Å². The summed E-state index contributed by atoms with van der Waals surface area (Å²) in [6.45, 7) is 4.60. The number of halogens is 1. The number of benzene rings is 1. The molecule has 110 valence electrons. The minimum absolute atomic E-state index is 0.220. The number of pyridine rings is 1. The minimum atomic E-state index is -0.294. The van der Waals surface area contributed by atoms with Crippen LogP contribution >= 0.6 is 0 Å². The number of rotatable bonds is 5. The van der Waals surface area contributed by atoms with Crippen molar-refractivity contribution in [1.29, 1.82) is 0 Å². The fourth-order valence-electron chi connectivity index (χ4n) is 1.97. The zero-order chi connectivity index (χ0) is 15.2. The van der Waals surface area contributed by atoms with Crippen molar-refractivity contribution in [3.05, 3.63) is 59.7 Å². The Morgan fingerprint density at radius 2 is 2.00 bits per heavy atom. The van der Waals surface area contributed by atoms with Crippen LogP contribution in [-0.4, -0.2) is 17.4 Å². The molecule has 1 heterocycles. The molecule has 0 aliphatic heterocycles. The Hall–Kier alpha value is -2.43. The van der Waals surface area contributed by atoms with Crippen molar-refractivity contribution in [2.75, 3.05) is 11.9 Å². The molecule has 0 aliphatic carbocycles. The minimum Gasteiger partial charge on any atom is -0.385 e. The van der Waals surface area contributed by atoms with Gasteiger partial charge in [-0.1, -0.05) is 12.1 Å². The molecule has 0 saturated carbocycles. The van der Waals surface area contributed by atoms with Crippen LogP contribution in [0, 0.1) is 5.82 Å². The third-order valence-corrected chi connectivity index (χ3v) is 3.09. The fraction of sp³-hybridized carbons (Fsp3) is 0.250. The van der Waals surface area contributed by atoms with Crippen molar-refractivity contribution < 1.29 is 9.18 Å². The van der Waals surface area contributed by atoms with Crippen molar-refractivity contribution in [3.63, 3.8) is 0 Å². The predicted molar refractivity (Wildman–Crippen MR) is 80.7 cm³/mol. The zero-order valence-corrected chi connectivity index (χ0v) is 12.1. The number of anilines is 1.